The summed E-state index contributed by atoms with van der Waals surface area (Å²) >= 11 is 0. The van der Waals surface area contributed by atoms with Crippen LogP contribution >= 0.6 is 0 Å². The molecule has 1 saturated carbocycles. The molecule has 1 aromatic rings. The van der Waals surface area contributed by atoms with Crippen molar-refractivity contribution in [2.24, 2.45) is 5.41 Å². The van der Waals surface area contributed by atoms with E-state index in [4.69, 9.17) is 4.74 Å². The van der Waals surface area contributed by atoms with Crippen molar-refractivity contribution in [1.29, 1.82) is 0 Å². The lowest BCUT2D eigenvalue weighted by molar-refractivity contribution is -0.00860. The summed E-state index contributed by atoms with van der Waals surface area (Å²) < 4.78 is 5.50. The zero-order chi connectivity index (χ0) is 18.1. The molecule has 138 valence electrons. The molecule has 1 aliphatic carbocycles. The van der Waals surface area contributed by atoms with Gasteiger partial charge in [-0.1, -0.05) is 25.1 Å². The number of likely N-dealkylation sites (tertiary alicyclic amines) is 1. The number of anilines is 1. The molecule has 3 rings (SSSR count). The molecule has 25 heavy (non-hydrogen) atoms. The number of nitrogens with one attached hydrogen (secondary N) is 1. The summed E-state index contributed by atoms with van der Waals surface area (Å²) in [6.07, 6.45) is 5.53. The molecule has 1 amide bonds. The molecule has 1 aliphatic heterocycles. The van der Waals surface area contributed by atoms with Gasteiger partial charge in [-0.05, 0) is 69.9 Å². The summed E-state index contributed by atoms with van der Waals surface area (Å²) in [6, 6.07) is 9.18. The first-order valence-electron chi connectivity index (χ1n) is 9.63. The molecule has 2 aliphatic rings. The Morgan fingerprint density at radius 3 is 2.48 bits per heavy atom. The van der Waals surface area contributed by atoms with Gasteiger partial charge < -0.3 is 15.0 Å². The van der Waals surface area contributed by atoms with Gasteiger partial charge in [0.05, 0.1) is 0 Å². The Kier molecular flexibility index (Phi) is 4.99. The van der Waals surface area contributed by atoms with Gasteiger partial charge in [0.15, 0.2) is 0 Å². The lowest BCUT2D eigenvalue weighted by Gasteiger charge is -2.52. The van der Waals surface area contributed by atoms with Gasteiger partial charge in [0.1, 0.15) is 5.60 Å². The van der Waals surface area contributed by atoms with Gasteiger partial charge in [-0.25, -0.2) is 4.79 Å². The van der Waals surface area contributed by atoms with Crippen LogP contribution in [0.1, 0.15) is 58.9 Å². The predicted molar refractivity (Wildman–Crippen MR) is 102 cm³/mol. The highest BCUT2D eigenvalue weighted by Crippen LogP contribution is 2.50. The predicted octanol–water partition coefficient (Wildman–Crippen LogP) is 4.84. The second kappa shape index (κ2) is 6.89. The molecule has 2 fully saturated rings. The summed E-state index contributed by atoms with van der Waals surface area (Å²) in [5.74, 6) is 0. The monoisotopic (exact) mass is 344 g/mol. The second-order valence-electron chi connectivity index (χ2n) is 8.73. The van der Waals surface area contributed by atoms with Gasteiger partial charge >= 0.3 is 6.09 Å². The Morgan fingerprint density at radius 2 is 1.88 bits per heavy atom. The van der Waals surface area contributed by atoms with Gasteiger partial charge in [0.25, 0.3) is 0 Å². The van der Waals surface area contributed by atoms with Gasteiger partial charge in [-0.15, -0.1) is 0 Å². The van der Waals surface area contributed by atoms with Crippen LogP contribution in [0, 0.1) is 5.41 Å². The number of aryl methyl sites for hydroxylation is 1. The van der Waals surface area contributed by atoms with E-state index in [2.05, 4.69) is 36.5 Å². The summed E-state index contributed by atoms with van der Waals surface area (Å²) in [6.45, 7) is 9.63. The molecule has 1 aromatic carbocycles. The number of carbonyl (C=O) groups excluding carboxylic acids is 1. The van der Waals surface area contributed by atoms with E-state index >= 15 is 0 Å². The Hall–Kier alpha value is -1.71. The maximum Gasteiger partial charge on any atom is 0.410 e. The Balaban J connectivity index is 1.48. The topological polar surface area (TPSA) is 41.6 Å². The van der Waals surface area contributed by atoms with Gasteiger partial charge in [-0.3, -0.25) is 0 Å². The van der Waals surface area contributed by atoms with E-state index in [1.807, 2.05) is 25.7 Å². The van der Waals surface area contributed by atoms with Crippen molar-refractivity contribution in [3.05, 3.63) is 29.8 Å². The third-order valence-corrected chi connectivity index (χ3v) is 5.59. The maximum atomic E-state index is 12.2. The third-order valence-electron chi connectivity index (χ3n) is 5.59. The molecule has 0 radical (unpaired) electrons. The van der Waals surface area contributed by atoms with Crippen LogP contribution in [0.2, 0.25) is 0 Å². The van der Waals surface area contributed by atoms with Crippen molar-refractivity contribution < 1.29 is 9.53 Å². The minimum Gasteiger partial charge on any atom is -0.444 e. The van der Waals surface area contributed by atoms with Gasteiger partial charge in [0, 0.05) is 24.8 Å². The molecule has 1 heterocycles. The average molecular weight is 344 g/mol. The highest BCUT2D eigenvalue weighted by molar-refractivity contribution is 5.68. The summed E-state index contributed by atoms with van der Waals surface area (Å²) in [4.78, 5) is 14.1. The normalized spacial score (nSPS) is 20.2. The highest BCUT2D eigenvalue weighted by Gasteiger charge is 2.46. The first kappa shape index (κ1) is 18.1. The number of rotatable bonds is 3. The van der Waals surface area contributed by atoms with E-state index in [0.29, 0.717) is 11.5 Å². The Labute approximate surface area is 151 Å². The van der Waals surface area contributed by atoms with E-state index in [9.17, 15) is 4.79 Å². The third kappa shape index (κ3) is 4.28. The highest BCUT2D eigenvalue weighted by atomic mass is 16.6. The number of hydrogen-bond acceptors (Lipinski definition) is 3. The molecule has 0 atom stereocenters. The van der Waals surface area contributed by atoms with Crippen LogP contribution in [-0.2, 0) is 11.2 Å². The van der Waals surface area contributed by atoms with Crippen molar-refractivity contribution >= 4 is 11.8 Å². The van der Waals surface area contributed by atoms with Crippen LogP contribution in [0.4, 0.5) is 10.5 Å². The van der Waals surface area contributed by atoms with Crippen LogP contribution in [0.3, 0.4) is 0 Å². The Morgan fingerprint density at radius 1 is 1.24 bits per heavy atom. The van der Waals surface area contributed by atoms with Crippen molar-refractivity contribution in [3.8, 4) is 0 Å². The first-order chi connectivity index (χ1) is 11.8. The molecule has 0 unspecified atom stereocenters. The molecular formula is C21H32N2O2. The molecule has 4 nitrogen and oxygen atoms in total. The fourth-order valence-corrected chi connectivity index (χ4v) is 4.18. The van der Waals surface area contributed by atoms with E-state index in [0.717, 1.165) is 32.4 Å². The van der Waals surface area contributed by atoms with Crippen molar-refractivity contribution in [2.45, 2.75) is 71.4 Å². The SMILES string of the molecule is CCc1ccccc1NC1CC2(CCN(C(=O)OC(C)(C)C)CC2)C1. The fourth-order valence-electron chi connectivity index (χ4n) is 4.18. The number of hydrogen-bond donors (Lipinski definition) is 1. The fraction of sp³-hybridized carbons (Fsp3) is 0.667. The van der Waals surface area contributed by atoms with Crippen LogP contribution in [0.25, 0.3) is 0 Å². The smallest absolute Gasteiger partial charge is 0.410 e. The quantitative estimate of drug-likeness (QED) is 0.853. The van der Waals surface area contributed by atoms with Crippen molar-refractivity contribution in [1.82, 2.24) is 4.90 Å². The summed E-state index contributed by atoms with van der Waals surface area (Å²) in [7, 11) is 0. The number of ether oxygens (including phenoxy) is 1. The maximum absolute atomic E-state index is 12.2. The zero-order valence-electron chi connectivity index (χ0n) is 16.1. The van der Waals surface area contributed by atoms with E-state index in [1.54, 1.807) is 0 Å². The minimum atomic E-state index is -0.412. The van der Waals surface area contributed by atoms with Gasteiger partial charge in [-0.2, -0.15) is 0 Å². The largest absolute Gasteiger partial charge is 0.444 e. The van der Waals surface area contributed by atoms with Crippen molar-refractivity contribution in [3.63, 3.8) is 0 Å². The van der Waals surface area contributed by atoms with Crippen molar-refractivity contribution in [2.75, 3.05) is 18.4 Å². The number of benzene rings is 1. The van der Waals surface area contributed by atoms with Crippen LogP contribution in [0.15, 0.2) is 24.3 Å². The molecule has 4 heteroatoms. The lowest BCUT2D eigenvalue weighted by Crippen LogP contribution is -2.53. The van der Waals surface area contributed by atoms with E-state index < -0.39 is 5.60 Å². The van der Waals surface area contributed by atoms with Crippen LogP contribution < -0.4 is 5.32 Å². The number of amides is 1. The van der Waals surface area contributed by atoms with Crippen LogP contribution in [0.5, 0.6) is 0 Å². The summed E-state index contributed by atoms with van der Waals surface area (Å²) in [5, 5.41) is 3.73. The second-order valence-corrected chi connectivity index (χ2v) is 8.73. The molecular weight excluding hydrogens is 312 g/mol. The van der Waals surface area contributed by atoms with Crippen LogP contribution in [-0.4, -0.2) is 35.7 Å². The van der Waals surface area contributed by atoms with E-state index in [1.165, 1.54) is 24.1 Å². The Bertz CT molecular complexity index is 605. The molecule has 1 spiro atoms. The number of carbonyl (C=O) groups is 1. The molecule has 1 saturated heterocycles. The minimum absolute atomic E-state index is 0.159. The molecule has 0 aromatic heterocycles. The van der Waals surface area contributed by atoms with Gasteiger partial charge in [0.2, 0.25) is 0 Å². The zero-order valence-corrected chi connectivity index (χ0v) is 16.1. The lowest BCUT2D eigenvalue weighted by atomic mass is 9.60. The molecule has 1 N–H and O–H groups in total. The first-order valence-corrected chi connectivity index (χ1v) is 9.63. The van der Waals surface area contributed by atoms with E-state index in [-0.39, 0.29) is 6.09 Å². The number of nitrogens with zero attached hydrogens (tertiary/aromatic N) is 1. The standard InChI is InChI=1S/C21H32N2O2/c1-5-16-8-6-7-9-18(16)22-17-14-21(15-17)10-12-23(13-11-21)19(24)25-20(2,3)4/h6-9,17,22H,5,10-15H2,1-4H3. The average Bonchev–Trinajstić information content (AvgIpc) is 2.53. The number of piperidine rings is 1. The summed E-state index contributed by atoms with van der Waals surface area (Å²) in [5.41, 5.74) is 2.70. The molecule has 0 bridgehead atoms. The number of para-hydroxylation sites is 1.